The minimum atomic E-state index is -0.125. The molecule has 7 aromatic heterocycles. The molecule has 19 heteroatoms. The fourth-order valence-corrected chi connectivity index (χ4v) is 13.3. The molecule has 2 aliphatic rings. The molecule has 110 heavy (non-hydrogen) atoms. The Bertz CT molecular complexity index is 5410. The van der Waals surface area contributed by atoms with Gasteiger partial charge in [-0.25, -0.2) is 9.97 Å². The minimum Gasteiger partial charge on any atom is -0.512 e. The number of benzene rings is 8. The number of carbonyl (C=O) groups is 3. The number of thiophene rings is 1. The van der Waals surface area contributed by atoms with Gasteiger partial charge < -0.3 is 19.7 Å². The van der Waals surface area contributed by atoms with E-state index in [2.05, 4.69) is 193 Å². The molecule has 17 rings (SSSR count). The largest absolute Gasteiger partial charge is 0.512 e. The van der Waals surface area contributed by atoms with Crippen LogP contribution >= 0.6 is 11.3 Å². The molecule has 0 unspecified atom stereocenters. The third-order valence-corrected chi connectivity index (χ3v) is 17.8. The third kappa shape index (κ3) is 23.2. The number of pyridine rings is 2. The number of fused-ring (bicyclic) bond motifs is 14. The van der Waals surface area contributed by atoms with Crippen molar-refractivity contribution in [1.82, 2.24) is 29.9 Å². The summed E-state index contributed by atoms with van der Waals surface area (Å²) < 4.78 is 13.6. The minimum absolute atomic E-state index is 0. The number of furan rings is 1. The average molecular weight is 2010 g/mol. The summed E-state index contributed by atoms with van der Waals surface area (Å²) in [5.41, 5.74) is 21.2. The quantitative estimate of drug-likeness (QED) is 0.0588. The van der Waals surface area contributed by atoms with Crippen molar-refractivity contribution in [3.05, 3.63) is 337 Å². The number of aromatic nitrogens is 8. The molecule has 0 saturated carbocycles. The molecule has 15 aromatic rings. The summed E-state index contributed by atoms with van der Waals surface area (Å²) in [6.07, 6.45) is 12.8. The third-order valence-electron chi connectivity index (χ3n) is 16.6. The van der Waals surface area contributed by atoms with Crippen LogP contribution in [0.3, 0.4) is 0 Å². The monoisotopic (exact) mass is 2010 g/mol. The number of allylic oxidation sites excluding steroid dienone is 6. The number of ketones is 3. The molecule has 8 aromatic carbocycles. The predicted octanol–water partition coefficient (Wildman–Crippen LogP) is 20.1. The molecule has 561 valence electrons. The number of aliphatic hydroxyl groups excluding tert-OH is 3. The van der Waals surface area contributed by atoms with E-state index in [1.165, 1.54) is 130 Å². The van der Waals surface area contributed by atoms with Crippen LogP contribution in [0.5, 0.6) is 0 Å². The number of aliphatic hydroxyl groups is 3. The average Bonchev–Trinajstić information content (AvgIpc) is 1.59. The van der Waals surface area contributed by atoms with Crippen molar-refractivity contribution in [2.24, 2.45) is 0 Å². The van der Waals surface area contributed by atoms with Gasteiger partial charge in [0, 0.05) is 168 Å². The topological polar surface area (TPSA) is 210 Å². The molecule has 0 spiro atoms. The number of nitrogens with zero attached hydrogens (tertiary/aromatic N) is 8. The summed E-state index contributed by atoms with van der Waals surface area (Å²) >= 11 is 1.92. The Labute approximate surface area is 685 Å². The smallest absolute Gasteiger partial charge is 0.217 e. The normalized spacial score (nSPS) is 11.1. The first-order valence-corrected chi connectivity index (χ1v) is 35.4. The van der Waals surface area contributed by atoms with Gasteiger partial charge in [0.1, 0.15) is 23.8 Å². The van der Waals surface area contributed by atoms with E-state index in [0.29, 0.717) is 0 Å². The van der Waals surface area contributed by atoms with E-state index in [1.54, 1.807) is 18.9 Å². The first kappa shape index (κ1) is 86.1. The van der Waals surface area contributed by atoms with Crippen LogP contribution in [0.25, 0.3) is 110 Å². The van der Waals surface area contributed by atoms with Crippen molar-refractivity contribution in [1.29, 1.82) is 0 Å². The maximum atomic E-state index is 10.0. The van der Waals surface area contributed by atoms with Crippen molar-refractivity contribution < 1.29 is 104 Å². The molecule has 0 bridgehead atoms. The fraction of sp³-hybridized carbons (Fsp3) is 0.132. The molecule has 3 N–H and O–H groups in total. The molecule has 15 nitrogen and oxygen atoms in total. The van der Waals surface area contributed by atoms with Crippen molar-refractivity contribution in [2.45, 2.75) is 82.3 Å². The number of para-hydroxylation sites is 1. The number of hydrogen-bond donors (Lipinski definition) is 3. The second-order valence-electron chi connectivity index (χ2n) is 25.2. The predicted molar refractivity (Wildman–Crippen MR) is 427 cm³/mol. The van der Waals surface area contributed by atoms with E-state index in [4.69, 9.17) is 19.7 Å². The van der Waals surface area contributed by atoms with Gasteiger partial charge in [-0.15, -0.1) is 119 Å². The van der Waals surface area contributed by atoms with Crippen molar-refractivity contribution >= 4 is 70.8 Å². The van der Waals surface area contributed by atoms with Crippen LogP contribution in [0.15, 0.2) is 290 Å². The zero-order chi connectivity index (χ0) is 75.9. The molecule has 0 fully saturated rings. The maximum Gasteiger partial charge on any atom is 0.217 e. The van der Waals surface area contributed by atoms with Crippen LogP contribution in [-0.4, -0.2) is 62.6 Å². The van der Waals surface area contributed by atoms with E-state index in [1.807, 2.05) is 134 Å². The summed E-state index contributed by atoms with van der Waals surface area (Å²) in [5.74, 6) is 0.549. The SMILES string of the molecule is CC(=O)C=C(C)O.CC(=O)C=C(C)O.CC(=O)C=C(C)O.Cc1cc(-c2[c-]cccc2)ncn1.Cc1ccccc1-c1ncnc(-c2[c-]cccc2)c1C.Cc1ccnc(-c2[c-]cccc2)n1.[Ir].[Ir].[Ir].c1cc[n+]2c(c1)-c1c(ccc3c1oc1ccccc13)C2.c1cc[n+]2c(c1)-c1c(ccc3c1sc1ccccc13)C2. The van der Waals surface area contributed by atoms with E-state index < -0.39 is 0 Å². The number of aryl methyl sites for hydroxylation is 3. The second kappa shape index (κ2) is 42.0. The molecular formula is C91H81Ir3N8O7S-. The molecule has 0 amide bonds. The molecule has 2 aliphatic heterocycles. The first-order valence-electron chi connectivity index (χ1n) is 34.6. The molecule has 3 radical (unpaired) electrons. The van der Waals surface area contributed by atoms with Crippen molar-refractivity contribution in [2.75, 3.05) is 0 Å². The molecule has 9 heterocycles. The van der Waals surface area contributed by atoms with Crippen LogP contribution in [-0.2, 0) is 87.8 Å². The Morgan fingerprint density at radius 2 is 0.964 bits per heavy atom. The zero-order valence-corrected chi connectivity index (χ0v) is 70.3. The van der Waals surface area contributed by atoms with E-state index >= 15 is 0 Å². The Morgan fingerprint density at radius 3 is 1.52 bits per heavy atom. The molecule has 0 atom stereocenters. The van der Waals surface area contributed by atoms with Crippen LogP contribution in [0.2, 0.25) is 0 Å². The van der Waals surface area contributed by atoms with Gasteiger partial charge in [-0.05, 0) is 128 Å². The van der Waals surface area contributed by atoms with Gasteiger partial charge in [0.05, 0.1) is 39.9 Å². The Hall–Kier alpha value is -11.1. The number of hydrogen-bond acceptors (Lipinski definition) is 14. The van der Waals surface area contributed by atoms with Gasteiger partial charge in [-0.2, -0.15) is 9.13 Å². The Balaban J connectivity index is 0.000000180. The van der Waals surface area contributed by atoms with Gasteiger partial charge in [-0.3, -0.25) is 34.3 Å². The van der Waals surface area contributed by atoms with E-state index in [0.717, 1.165) is 86.4 Å². The Morgan fingerprint density at radius 1 is 0.464 bits per heavy atom. The fourth-order valence-electron chi connectivity index (χ4n) is 12.1. The van der Waals surface area contributed by atoms with Gasteiger partial charge in [-0.1, -0.05) is 84.9 Å². The van der Waals surface area contributed by atoms with Crippen LogP contribution in [0.1, 0.15) is 75.2 Å². The van der Waals surface area contributed by atoms with Gasteiger partial charge >= 0.3 is 0 Å². The summed E-state index contributed by atoms with van der Waals surface area (Å²) in [7, 11) is 0. The number of rotatable bonds is 7. The van der Waals surface area contributed by atoms with Crippen LogP contribution < -0.4 is 9.13 Å². The number of carbonyl (C=O) groups excluding carboxylic acids is 3. The van der Waals surface area contributed by atoms with Gasteiger partial charge in [0.25, 0.3) is 0 Å². The molecule has 0 aliphatic carbocycles. The van der Waals surface area contributed by atoms with E-state index in [9.17, 15) is 14.4 Å². The first-order chi connectivity index (χ1) is 51.7. The van der Waals surface area contributed by atoms with Gasteiger partial charge in [0.2, 0.25) is 11.4 Å². The molecule has 0 saturated heterocycles. The summed E-state index contributed by atoms with van der Waals surface area (Å²) in [6.45, 7) is 18.5. The molecular weight excluding hydrogens is 1930 g/mol. The zero-order valence-electron chi connectivity index (χ0n) is 62.3. The van der Waals surface area contributed by atoms with Crippen molar-refractivity contribution in [3.8, 4) is 67.7 Å². The second-order valence-corrected chi connectivity index (χ2v) is 26.2. The van der Waals surface area contributed by atoms with Crippen molar-refractivity contribution in [3.63, 3.8) is 0 Å². The Kier molecular flexibility index (Phi) is 32.9. The standard InChI is InChI=1S/C18H15N2.C18H12NO.C18H12NS.2C11H9N2.3C5H8O2.3Ir/c1-13-8-6-7-11-16(13)18-14(2)17(19-12-20-18)15-9-4-3-5-10-15;2*1-2-7-16-13(5-1)14-9-8-12-11-19-10-4-3-6-15(19)17(12)18(14)20-16;1-9-7-11(13-8-12-9)10-5-3-2-4-6-10;1-9-7-8-12-11(13-9)10-5-3-2-4-6-10;3*1-4(6)3-5(2)7;;;/h3-9,11-12H,1-2H3;2*1-10H,11H2;2*2-5,7-8H,1H3;3*3,6H,1-2H3;;;/q-1;2*+1;2*-1;;;;;;. The summed E-state index contributed by atoms with van der Waals surface area (Å²) in [6, 6.07) is 83.7. The van der Waals surface area contributed by atoms with Crippen LogP contribution in [0, 0.1) is 45.9 Å². The maximum absolute atomic E-state index is 10.0. The summed E-state index contributed by atoms with van der Waals surface area (Å²) in [4.78, 5) is 55.6. The van der Waals surface area contributed by atoms with Crippen LogP contribution in [0.4, 0.5) is 0 Å². The summed E-state index contributed by atoms with van der Waals surface area (Å²) in [5, 5.41) is 30.3. The van der Waals surface area contributed by atoms with E-state index in [-0.39, 0.29) is 94.9 Å². The van der Waals surface area contributed by atoms with Gasteiger partial charge in [0.15, 0.2) is 42.8 Å².